The summed E-state index contributed by atoms with van der Waals surface area (Å²) in [6.07, 6.45) is 1.69. The lowest BCUT2D eigenvalue weighted by Gasteiger charge is -2.18. The molecule has 0 radical (unpaired) electrons. The molecule has 2 aromatic heterocycles. The Morgan fingerprint density at radius 3 is 2.00 bits per heavy atom. The molecule has 0 bridgehead atoms. The van der Waals surface area contributed by atoms with Crippen LogP contribution in [0.4, 0.5) is 0 Å². The summed E-state index contributed by atoms with van der Waals surface area (Å²) in [5, 5.41) is 8.98. The van der Waals surface area contributed by atoms with E-state index in [-0.39, 0.29) is 24.6 Å². The number of amides is 1. The highest BCUT2D eigenvalue weighted by molar-refractivity contribution is 5.88. The average molecular weight is 461 g/mol. The number of carbonyl (C=O) groups excluding carboxylic acids is 1. The van der Waals surface area contributed by atoms with Gasteiger partial charge in [-0.15, -0.1) is 0 Å². The van der Waals surface area contributed by atoms with Crippen LogP contribution in [-0.2, 0) is 17.9 Å². The standard InChI is InChI=1S/C29H24N4O2/c34-28(27(21-11-3-1-4-12-21)22-13-5-2-6-14-22)31-19-26-24-16-7-8-17-25(24)29(35)33(32-26)20-23-15-9-10-18-30-23/h1-18,27H,19-20H2,(H,31,34). The van der Waals surface area contributed by atoms with E-state index in [0.29, 0.717) is 11.1 Å². The number of carbonyl (C=O) groups is 1. The number of rotatable bonds is 7. The number of aromatic nitrogens is 3. The van der Waals surface area contributed by atoms with E-state index in [2.05, 4.69) is 15.4 Å². The third kappa shape index (κ3) is 4.87. The van der Waals surface area contributed by atoms with Crippen LogP contribution in [-0.4, -0.2) is 20.7 Å². The van der Waals surface area contributed by atoms with E-state index in [9.17, 15) is 9.59 Å². The Hall–Kier alpha value is -4.58. The van der Waals surface area contributed by atoms with Crippen LogP contribution >= 0.6 is 0 Å². The van der Waals surface area contributed by atoms with Gasteiger partial charge in [-0.05, 0) is 29.3 Å². The highest BCUT2D eigenvalue weighted by Crippen LogP contribution is 2.25. The molecule has 5 rings (SSSR count). The monoisotopic (exact) mass is 460 g/mol. The van der Waals surface area contributed by atoms with Gasteiger partial charge in [0.15, 0.2) is 0 Å². The van der Waals surface area contributed by atoms with E-state index >= 15 is 0 Å². The molecular weight excluding hydrogens is 436 g/mol. The Bertz CT molecular complexity index is 1460. The van der Waals surface area contributed by atoms with Crippen molar-refractivity contribution in [3.63, 3.8) is 0 Å². The van der Waals surface area contributed by atoms with E-state index in [1.807, 2.05) is 97.1 Å². The fraction of sp³-hybridized carbons (Fsp3) is 0.103. The maximum Gasteiger partial charge on any atom is 0.275 e. The first kappa shape index (κ1) is 22.2. The molecule has 1 N–H and O–H groups in total. The highest BCUT2D eigenvalue weighted by atomic mass is 16.2. The zero-order valence-corrected chi connectivity index (χ0v) is 19.0. The number of nitrogens with zero attached hydrogens (tertiary/aromatic N) is 3. The van der Waals surface area contributed by atoms with Gasteiger partial charge in [-0.1, -0.05) is 84.9 Å². The summed E-state index contributed by atoms with van der Waals surface area (Å²) < 4.78 is 1.41. The van der Waals surface area contributed by atoms with Crippen LogP contribution in [0.5, 0.6) is 0 Å². The van der Waals surface area contributed by atoms with Crippen molar-refractivity contribution >= 4 is 16.7 Å². The van der Waals surface area contributed by atoms with Gasteiger partial charge in [0, 0.05) is 11.6 Å². The number of benzene rings is 3. The van der Waals surface area contributed by atoms with Crippen LogP contribution in [0.25, 0.3) is 10.8 Å². The zero-order valence-electron chi connectivity index (χ0n) is 19.0. The second kappa shape index (κ2) is 10.1. The Kier molecular flexibility index (Phi) is 6.44. The summed E-state index contributed by atoms with van der Waals surface area (Å²) in [6.45, 7) is 0.445. The number of hydrogen-bond acceptors (Lipinski definition) is 4. The lowest BCUT2D eigenvalue weighted by atomic mass is 9.90. The summed E-state index contributed by atoms with van der Waals surface area (Å²) >= 11 is 0. The Morgan fingerprint density at radius 2 is 1.37 bits per heavy atom. The summed E-state index contributed by atoms with van der Waals surface area (Å²) in [5.41, 5.74) is 3.00. The third-order valence-corrected chi connectivity index (χ3v) is 5.94. The molecule has 0 aliphatic rings. The van der Waals surface area contributed by atoms with Gasteiger partial charge in [-0.2, -0.15) is 5.10 Å². The summed E-state index contributed by atoms with van der Waals surface area (Å²) in [5.74, 6) is -0.584. The number of fused-ring (bicyclic) bond motifs is 1. The van der Waals surface area contributed by atoms with Crippen LogP contribution < -0.4 is 10.9 Å². The second-order valence-electron chi connectivity index (χ2n) is 8.25. The number of pyridine rings is 1. The maximum atomic E-state index is 13.5. The van der Waals surface area contributed by atoms with Crippen molar-refractivity contribution < 1.29 is 4.79 Å². The first-order valence-electron chi connectivity index (χ1n) is 11.5. The fourth-order valence-electron chi connectivity index (χ4n) is 4.25. The highest BCUT2D eigenvalue weighted by Gasteiger charge is 2.23. The Morgan fingerprint density at radius 1 is 0.771 bits per heavy atom. The van der Waals surface area contributed by atoms with Crippen molar-refractivity contribution in [2.75, 3.05) is 0 Å². The van der Waals surface area contributed by atoms with Gasteiger partial charge in [0.2, 0.25) is 5.91 Å². The van der Waals surface area contributed by atoms with Crippen LogP contribution in [0.2, 0.25) is 0 Å². The van der Waals surface area contributed by atoms with Gasteiger partial charge < -0.3 is 5.32 Å². The molecule has 0 atom stereocenters. The maximum absolute atomic E-state index is 13.5. The van der Waals surface area contributed by atoms with Crippen LogP contribution in [0.15, 0.2) is 114 Å². The van der Waals surface area contributed by atoms with Crippen molar-refractivity contribution in [3.05, 3.63) is 142 Å². The minimum atomic E-state index is -0.455. The molecule has 0 fully saturated rings. The van der Waals surface area contributed by atoms with E-state index in [0.717, 1.165) is 22.2 Å². The second-order valence-corrected chi connectivity index (χ2v) is 8.25. The topological polar surface area (TPSA) is 76.9 Å². The van der Waals surface area contributed by atoms with E-state index < -0.39 is 5.92 Å². The quantitative estimate of drug-likeness (QED) is 0.393. The number of nitrogens with one attached hydrogen (secondary N) is 1. The van der Waals surface area contributed by atoms with Crippen molar-refractivity contribution in [2.45, 2.75) is 19.0 Å². The van der Waals surface area contributed by atoms with Crippen LogP contribution in [0.3, 0.4) is 0 Å². The van der Waals surface area contributed by atoms with Crippen molar-refractivity contribution in [2.24, 2.45) is 0 Å². The van der Waals surface area contributed by atoms with E-state index in [1.165, 1.54) is 4.68 Å². The predicted molar refractivity (Wildman–Crippen MR) is 136 cm³/mol. The predicted octanol–water partition coefficient (Wildman–Crippen LogP) is 4.29. The molecule has 3 aromatic carbocycles. The molecule has 5 aromatic rings. The normalized spacial score (nSPS) is 11.0. The molecule has 0 unspecified atom stereocenters. The molecule has 172 valence electrons. The lowest BCUT2D eigenvalue weighted by Crippen LogP contribution is -2.32. The minimum absolute atomic E-state index is 0.129. The Labute approximate surface area is 202 Å². The van der Waals surface area contributed by atoms with Gasteiger partial charge in [0.25, 0.3) is 5.56 Å². The SMILES string of the molecule is O=C(NCc1nn(Cc2ccccn2)c(=O)c2ccccc12)C(c1ccccc1)c1ccccc1. The molecule has 1 amide bonds. The molecule has 6 heteroatoms. The van der Waals surface area contributed by atoms with E-state index in [4.69, 9.17) is 0 Å². The third-order valence-electron chi connectivity index (χ3n) is 5.94. The molecular formula is C29H24N4O2. The smallest absolute Gasteiger partial charge is 0.275 e. The molecule has 0 saturated carbocycles. The van der Waals surface area contributed by atoms with Gasteiger partial charge in [0.05, 0.1) is 35.8 Å². The van der Waals surface area contributed by atoms with Crippen molar-refractivity contribution in [1.29, 1.82) is 0 Å². The average Bonchev–Trinajstić information content (AvgIpc) is 2.91. The molecule has 6 nitrogen and oxygen atoms in total. The molecule has 0 aliphatic carbocycles. The molecule has 0 spiro atoms. The number of hydrogen-bond donors (Lipinski definition) is 1. The molecule has 0 aliphatic heterocycles. The van der Waals surface area contributed by atoms with Gasteiger partial charge in [0.1, 0.15) is 0 Å². The summed E-state index contributed by atoms with van der Waals surface area (Å²) in [7, 11) is 0. The van der Waals surface area contributed by atoms with E-state index in [1.54, 1.807) is 12.3 Å². The van der Waals surface area contributed by atoms with Crippen molar-refractivity contribution in [3.8, 4) is 0 Å². The van der Waals surface area contributed by atoms with Gasteiger partial charge >= 0.3 is 0 Å². The zero-order chi connectivity index (χ0) is 24.0. The molecule has 2 heterocycles. The largest absolute Gasteiger partial charge is 0.350 e. The van der Waals surface area contributed by atoms with Crippen LogP contribution in [0.1, 0.15) is 28.4 Å². The minimum Gasteiger partial charge on any atom is -0.350 e. The Balaban J connectivity index is 1.47. The summed E-state index contributed by atoms with van der Waals surface area (Å²) in [6, 6.07) is 32.3. The van der Waals surface area contributed by atoms with Gasteiger partial charge in [-0.25, -0.2) is 4.68 Å². The fourth-order valence-corrected chi connectivity index (χ4v) is 4.25. The van der Waals surface area contributed by atoms with Crippen LogP contribution in [0, 0.1) is 0 Å². The lowest BCUT2D eigenvalue weighted by molar-refractivity contribution is -0.121. The molecule has 0 saturated heterocycles. The summed E-state index contributed by atoms with van der Waals surface area (Å²) in [4.78, 5) is 30.9. The molecule has 35 heavy (non-hydrogen) atoms. The van der Waals surface area contributed by atoms with Gasteiger partial charge in [-0.3, -0.25) is 14.6 Å². The first-order chi connectivity index (χ1) is 17.2. The first-order valence-corrected chi connectivity index (χ1v) is 11.5. The van der Waals surface area contributed by atoms with Crippen molar-refractivity contribution in [1.82, 2.24) is 20.1 Å².